The Morgan fingerprint density at radius 2 is 1.71 bits per heavy atom. The molecule has 2 N–H and O–H groups in total. The van der Waals surface area contributed by atoms with Crippen molar-refractivity contribution in [2.75, 3.05) is 20.2 Å². The van der Waals surface area contributed by atoms with E-state index in [2.05, 4.69) is 19.2 Å². The summed E-state index contributed by atoms with van der Waals surface area (Å²) in [6.07, 6.45) is 0. The van der Waals surface area contributed by atoms with Gasteiger partial charge in [0.05, 0.1) is 12.7 Å². The smallest absolute Gasteiger partial charge is 0.118 e. The van der Waals surface area contributed by atoms with E-state index < -0.39 is 5.60 Å². The molecule has 1 aliphatic heterocycles. The van der Waals surface area contributed by atoms with Crippen molar-refractivity contribution < 1.29 is 9.84 Å². The lowest BCUT2D eigenvalue weighted by atomic mass is 9.71. The molecule has 0 unspecified atom stereocenters. The second-order valence-corrected chi connectivity index (χ2v) is 5.01. The van der Waals surface area contributed by atoms with Crippen LogP contribution in [-0.4, -0.2) is 25.3 Å². The molecule has 17 heavy (non-hydrogen) atoms. The number of benzene rings is 1. The molecule has 0 amide bonds. The SMILES string of the molecule is COc1ccc([C@]2(O)[C@H](C)CNC[C@@H]2C)cc1. The van der Waals surface area contributed by atoms with Crippen LogP contribution in [0.5, 0.6) is 5.75 Å². The van der Waals surface area contributed by atoms with E-state index in [0.29, 0.717) is 0 Å². The van der Waals surface area contributed by atoms with Crippen molar-refractivity contribution in [2.24, 2.45) is 11.8 Å². The summed E-state index contributed by atoms with van der Waals surface area (Å²) in [6, 6.07) is 7.76. The summed E-state index contributed by atoms with van der Waals surface area (Å²) < 4.78 is 5.15. The van der Waals surface area contributed by atoms with E-state index in [4.69, 9.17) is 4.74 Å². The topological polar surface area (TPSA) is 41.5 Å². The fourth-order valence-electron chi connectivity index (χ4n) is 2.74. The third-order valence-electron chi connectivity index (χ3n) is 3.96. The zero-order valence-electron chi connectivity index (χ0n) is 10.7. The molecule has 3 nitrogen and oxygen atoms in total. The van der Waals surface area contributed by atoms with Gasteiger partial charge in [-0.3, -0.25) is 0 Å². The number of aliphatic hydroxyl groups is 1. The third-order valence-corrected chi connectivity index (χ3v) is 3.96. The van der Waals surface area contributed by atoms with Gasteiger partial charge in [0.2, 0.25) is 0 Å². The average molecular weight is 235 g/mol. The molecular weight excluding hydrogens is 214 g/mol. The van der Waals surface area contributed by atoms with E-state index in [1.807, 2.05) is 24.3 Å². The molecule has 94 valence electrons. The molecule has 0 saturated carbocycles. The van der Waals surface area contributed by atoms with Crippen molar-refractivity contribution in [3.05, 3.63) is 29.8 Å². The highest BCUT2D eigenvalue weighted by Crippen LogP contribution is 2.39. The highest BCUT2D eigenvalue weighted by Gasteiger charge is 2.43. The number of ether oxygens (including phenoxy) is 1. The number of hydrogen-bond donors (Lipinski definition) is 2. The van der Waals surface area contributed by atoms with Crippen LogP contribution in [0.2, 0.25) is 0 Å². The van der Waals surface area contributed by atoms with Gasteiger partial charge in [-0.15, -0.1) is 0 Å². The van der Waals surface area contributed by atoms with Crippen LogP contribution in [0.15, 0.2) is 24.3 Å². The van der Waals surface area contributed by atoms with Gasteiger partial charge >= 0.3 is 0 Å². The molecule has 1 aromatic rings. The molecule has 3 heteroatoms. The Labute approximate surface area is 103 Å². The molecule has 0 radical (unpaired) electrons. The number of piperidine rings is 1. The van der Waals surface area contributed by atoms with Crippen LogP contribution in [0.25, 0.3) is 0 Å². The van der Waals surface area contributed by atoms with E-state index in [0.717, 1.165) is 24.4 Å². The Morgan fingerprint density at radius 3 is 2.18 bits per heavy atom. The molecule has 3 atom stereocenters. The minimum absolute atomic E-state index is 0.208. The monoisotopic (exact) mass is 235 g/mol. The molecule has 0 aromatic heterocycles. The summed E-state index contributed by atoms with van der Waals surface area (Å²) in [6.45, 7) is 5.89. The standard InChI is InChI=1S/C14H21NO2/c1-10-8-15-9-11(2)14(10,16)12-4-6-13(17-3)7-5-12/h4-7,10-11,15-16H,8-9H2,1-3H3/t10-,11+,14+. The Kier molecular flexibility index (Phi) is 3.40. The van der Waals surface area contributed by atoms with Crippen molar-refractivity contribution in [3.8, 4) is 5.75 Å². The summed E-state index contributed by atoms with van der Waals surface area (Å²) in [5, 5.41) is 14.3. The zero-order chi connectivity index (χ0) is 12.5. The van der Waals surface area contributed by atoms with Gasteiger partial charge in [0.15, 0.2) is 0 Å². The maximum atomic E-state index is 11.0. The summed E-state index contributed by atoms with van der Waals surface area (Å²) in [4.78, 5) is 0. The zero-order valence-corrected chi connectivity index (χ0v) is 10.7. The van der Waals surface area contributed by atoms with Crippen LogP contribution >= 0.6 is 0 Å². The molecule has 1 fully saturated rings. The first-order chi connectivity index (χ1) is 8.09. The molecule has 2 rings (SSSR count). The third kappa shape index (κ3) is 2.05. The van der Waals surface area contributed by atoms with Gasteiger partial charge in [0.25, 0.3) is 0 Å². The van der Waals surface area contributed by atoms with Crippen molar-refractivity contribution in [1.29, 1.82) is 0 Å². The van der Waals surface area contributed by atoms with Gasteiger partial charge in [-0.1, -0.05) is 26.0 Å². The van der Waals surface area contributed by atoms with Crippen LogP contribution in [0.4, 0.5) is 0 Å². The number of methoxy groups -OCH3 is 1. The number of nitrogens with one attached hydrogen (secondary N) is 1. The average Bonchev–Trinajstić information content (AvgIpc) is 2.36. The minimum atomic E-state index is -0.739. The van der Waals surface area contributed by atoms with E-state index in [1.54, 1.807) is 7.11 Å². The van der Waals surface area contributed by atoms with Gasteiger partial charge in [0.1, 0.15) is 5.75 Å². The van der Waals surface area contributed by atoms with E-state index in [1.165, 1.54) is 0 Å². The molecular formula is C14H21NO2. The van der Waals surface area contributed by atoms with Crippen LogP contribution in [0, 0.1) is 11.8 Å². The van der Waals surface area contributed by atoms with Gasteiger partial charge in [-0.05, 0) is 17.7 Å². The molecule has 1 aliphatic rings. The van der Waals surface area contributed by atoms with Gasteiger partial charge in [-0.25, -0.2) is 0 Å². The lowest BCUT2D eigenvalue weighted by molar-refractivity contribution is -0.0807. The largest absolute Gasteiger partial charge is 0.497 e. The second-order valence-electron chi connectivity index (χ2n) is 5.01. The first-order valence-corrected chi connectivity index (χ1v) is 6.16. The molecule has 1 saturated heterocycles. The first kappa shape index (κ1) is 12.4. The van der Waals surface area contributed by atoms with E-state index in [9.17, 15) is 5.11 Å². The molecule has 0 bridgehead atoms. The number of rotatable bonds is 2. The van der Waals surface area contributed by atoms with Crippen molar-refractivity contribution in [2.45, 2.75) is 19.4 Å². The molecule has 1 heterocycles. The van der Waals surface area contributed by atoms with E-state index in [-0.39, 0.29) is 11.8 Å². The van der Waals surface area contributed by atoms with Crippen molar-refractivity contribution in [1.82, 2.24) is 5.32 Å². The quantitative estimate of drug-likeness (QED) is 0.820. The number of hydrogen-bond acceptors (Lipinski definition) is 3. The summed E-state index contributed by atoms with van der Waals surface area (Å²) in [5.74, 6) is 1.24. The highest BCUT2D eigenvalue weighted by atomic mass is 16.5. The molecule has 0 spiro atoms. The van der Waals surface area contributed by atoms with Gasteiger partial charge in [0, 0.05) is 24.9 Å². The maximum Gasteiger partial charge on any atom is 0.118 e. The van der Waals surface area contributed by atoms with Crippen molar-refractivity contribution >= 4 is 0 Å². The Balaban J connectivity index is 2.34. The summed E-state index contributed by atoms with van der Waals surface area (Å²) in [7, 11) is 1.65. The lowest BCUT2D eigenvalue weighted by Crippen LogP contribution is -2.52. The first-order valence-electron chi connectivity index (χ1n) is 6.16. The second kappa shape index (κ2) is 4.67. The summed E-state index contributed by atoms with van der Waals surface area (Å²) >= 11 is 0. The van der Waals surface area contributed by atoms with Crippen LogP contribution < -0.4 is 10.1 Å². The fraction of sp³-hybridized carbons (Fsp3) is 0.571. The highest BCUT2D eigenvalue weighted by molar-refractivity contribution is 5.32. The Morgan fingerprint density at radius 1 is 1.18 bits per heavy atom. The Hall–Kier alpha value is -1.06. The van der Waals surface area contributed by atoms with Crippen LogP contribution in [0.1, 0.15) is 19.4 Å². The van der Waals surface area contributed by atoms with Gasteiger partial charge in [-0.2, -0.15) is 0 Å². The fourth-order valence-corrected chi connectivity index (χ4v) is 2.74. The lowest BCUT2D eigenvalue weighted by Gasteiger charge is -2.44. The van der Waals surface area contributed by atoms with Gasteiger partial charge < -0.3 is 15.2 Å². The molecule has 0 aliphatic carbocycles. The molecule has 1 aromatic carbocycles. The van der Waals surface area contributed by atoms with Crippen LogP contribution in [0.3, 0.4) is 0 Å². The predicted octanol–water partition coefficient (Wildman–Crippen LogP) is 1.76. The van der Waals surface area contributed by atoms with E-state index >= 15 is 0 Å². The predicted molar refractivity (Wildman–Crippen MR) is 68.1 cm³/mol. The minimum Gasteiger partial charge on any atom is -0.497 e. The Bertz CT molecular complexity index is 364. The normalized spacial score (nSPS) is 33.4. The maximum absolute atomic E-state index is 11.0. The van der Waals surface area contributed by atoms with Crippen LogP contribution in [-0.2, 0) is 5.60 Å². The summed E-state index contributed by atoms with van der Waals surface area (Å²) in [5.41, 5.74) is 0.247. The van der Waals surface area contributed by atoms with Crippen molar-refractivity contribution in [3.63, 3.8) is 0 Å².